The van der Waals surface area contributed by atoms with Crippen LogP contribution >= 0.6 is 0 Å². The first-order chi connectivity index (χ1) is 6.51. The molecule has 0 saturated heterocycles. The lowest BCUT2D eigenvalue weighted by atomic mass is 10.2. The lowest BCUT2D eigenvalue weighted by Crippen LogP contribution is -2.00. The van der Waals surface area contributed by atoms with Gasteiger partial charge in [-0.15, -0.1) is 0 Å². The number of pyridine rings is 1. The summed E-state index contributed by atoms with van der Waals surface area (Å²) in [6.45, 7) is 0. The quantitative estimate of drug-likeness (QED) is 0.737. The Kier molecular flexibility index (Phi) is 3.11. The molecule has 2 nitrogen and oxygen atoms in total. The van der Waals surface area contributed by atoms with E-state index in [9.17, 15) is 13.2 Å². The summed E-state index contributed by atoms with van der Waals surface area (Å²) in [4.78, 5) is 3.76. The third-order valence-corrected chi connectivity index (χ3v) is 1.43. The zero-order chi connectivity index (χ0) is 10.6. The molecule has 14 heavy (non-hydrogen) atoms. The van der Waals surface area contributed by atoms with Gasteiger partial charge in [0.05, 0.1) is 7.11 Å². The molecule has 0 spiro atoms. The van der Waals surface area contributed by atoms with E-state index in [2.05, 4.69) is 4.98 Å². The summed E-state index contributed by atoms with van der Waals surface area (Å²) in [5.74, 6) is 0.370. The minimum Gasteiger partial charge on any atom is -0.481 e. The van der Waals surface area contributed by atoms with Gasteiger partial charge >= 0.3 is 6.18 Å². The van der Waals surface area contributed by atoms with Crippen molar-refractivity contribution >= 4 is 6.08 Å². The van der Waals surface area contributed by atoms with E-state index in [1.165, 1.54) is 25.4 Å². The van der Waals surface area contributed by atoms with Gasteiger partial charge < -0.3 is 4.74 Å². The topological polar surface area (TPSA) is 22.1 Å². The van der Waals surface area contributed by atoms with Crippen LogP contribution in [0.3, 0.4) is 0 Å². The van der Waals surface area contributed by atoms with Gasteiger partial charge in [0.1, 0.15) is 0 Å². The van der Waals surface area contributed by atoms with Crippen molar-refractivity contribution in [1.82, 2.24) is 4.98 Å². The molecule has 0 bridgehead atoms. The number of ether oxygens (including phenoxy) is 1. The third kappa shape index (κ3) is 3.47. The molecule has 5 heteroatoms. The lowest BCUT2D eigenvalue weighted by Gasteiger charge is -1.99. The van der Waals surface area contributed by atoms with Gasteiger partial charge in [-0.05, 0) is 17.7 Å². The molecule has 0 aliphatic heterocycles. The molecule has 0 aliphatic rings. The van der Waals surface area contributed by atoms with Gasteiger partial charge in [0, 0.05) is 18.3 Å². The molecule has 0 saturated carbocycles. The van der Waals surface area contributed by atoms with Crippen molar-refractivity contribution in [3.05, 3.63) is 30.0 Å². The molecule has 1 heterocycles. The van der Waals surface area contributed by atoms with Crippen LogP contribution in [0.2, 0.25) is 0 Å². The SMILES string of the molecule is COc1ccc(/C=C/C(F)(F)F)cn1. The van der Waals surface area contributed by atoms with Crippen LogP contribution in [0.25, 0.3) is 6.08 Å². The first-order valence-corrected chi connectivity index (χ1v) is 3.77. The van der Waals surface area contributed by atoms with Crippen molar-refractivity contribution in [2.24, 2.45) is 0 Å². The van der Waals surface area contributed by atoms with Crippen molar-refractivity contribution in [1.29, 1.82) is 0 Å². The summed E-state index contributed by atoms with van der Waals surface area (Å²) in [7, 11) is 1.44. The second kappa shape index (κ2) is 4.13. The van der Waals surface area contributed by atoms with E-state index in [0.717, 1.165) is 6.08 Å². The number of halogens is 3. The summed E-state index contributed by atoms with van der Waals surface area (Å²) in [6.07, 6.45) is -1.87. The first kappa shape index (κ1) is 10.6. The Bertz CT molecular complexity index is 316. The third-order valence-electron chi connectivity index (χ3n) is 1.43. The maximum Gasteiger partial charge on any atom is 0.409 e. The second-order valence-electron chi connectivity index (χ2n) is 2.51. The molecule has 0 unspecified atom stereocenters. The van der Waals surface area contributed by atoms with Crippen LogP contribution in [-0.4, -0.2) is 18.3 Å². The molecule has 0 amide bonds. The van der Waals surface area contributed by atoms with Gasteiger partial charge in [-0.2, -0.15) is 13.2 Å². The molecular formula is C9H8F3NO. The van der Waals surface area contributed by atoms with Gasteiger partial charge in [-0.3, -0.25) is 0 Å². The molecule has 76 valence electrons. The highest BCUT2D eigenvalue weighted by Gasteiger charge is 2.21. The predicted molar refractivity (Wildman–Crippen MR) is 45.9 cm³/mol. The molecule has 1 aromatic heterocycles. The largest absolute Gasteiger partial charge is 0.481 e. The lowest BCUT2D eigenvalue weighted by molar-refractivity contribution is -0.0790. The minimum absolute atomic E-state index is 0.163. The summed E-state index contributed by atoms with van der Waals surface area (Å²) in [6, 6.07) is 2.99. The highest BCUT2D eigenvalue weighted by atomic mass is 19.4. The van der Waals surface area contributed by atoms with Crippen molar-refractivity contribution in [2.45, 2.75) is 6.18 Å². The molecule has 0 fully saturated rings. The molecule has 0 radical (unpaired) electrons. The molecule has 0 aromatic carbocycles. The smallest absolute Gasteiger partial charge is 0.409 e. The number of allylic oxidation sites excluding steroid dienone is 1. The van der Waals surface area contributed by atoms with Gasteiger partial charge in [0.2, 0.25) is 5.88 Å². The van der Waals surface area contributed by atoms with Gasteiger partial charge in [-0.25, -0.2) is 4.98 Å². The van der Waals surface area contributed by atoms with Crippen molar-refractivity contribution in [3.8, 4) is 5.88 Å². The highest BCUT2D eigenvalue weighted by molar-refractivity contribution is 5.48. The molecule has 0 atom stereocenters. The van der Waals surface area contributed by atoms with E-state index in [1.54, 1.807) is 0 Å². The molecule has 1 rings (SSSR count). The van der Waals surface area contributed by atoms with Crippen molar-refractivity contribution in [3.63, 3.8) is 0 Å². The van der Waals surface area contributed by atoms with Gasteiger partial charge in [0.25, 0.3) is 0 Å². The van der Waals surface area contributed by atoms with Crippen LogP contribution in [0.4, 0.5) is 13.2 Å². The number of nitrogens with zero attached hydrogens (tertiary/aromatic N) is 1. The van der Waals surface area contributed by atoms with Crippen LogP contribution in [0.5, 0.6) is 5.88 Å². The Morgan fingerprint density at radius 2 is 2.07 bits per heavy atom. The van der Waals surface area contributed by atoms with Gasteiger partial charge in [-0.1, -0.05) is 0 Å². The Morgan fingerprint density at radius 3 is 2.50 bits per heavy atom. The summed E-state index contributed by atoms with van der Waals surface area (Å²) >= 11 is 0. The number of methoxy groups -OCH3 is 1. The average molecular weight is 203 g/mol. The van der Waals surface area contributed by atoms with E-state index in [-0.39, 0.29) is 6.08 Å². The van der Waals surface area contributed by atoms with Crippen LogP contribution in [-0.2, 0) is 0 Å². The monoisotopic (exact) mass is 203 g/mol. The molecule has 0 aliphatic carbocycles. The summed E-state index contributed by atoms with van der Waals surface area (Å²) in [5.41, 5.74) is 0.378. The zero-order valence-corrected chi connectivity index (χ0v) is 7.38. The maximum atomic E-state index is 11.8. The van der Waals surface area contributed by atoms with Crippen LogP contribution in [0, 0.1) is 0 Å². The highest BCUT2D eigenvalue weighted by Crippen LogP contribution is 2.18. The van der Waals surface area contributed by atoms with E-state index in [0.29, 0.717) is 11.4 Å². The molecule has 0 N–H and O–H groups in total. The number of hydrogen-bond acceptors (Lipinski definition) is 2. The van der Waals surface area contributed by atoms with Gasteiger partial charge in [0.15, 0.2) is 0 Å². The van der Waals surface area contributed by atoms with E-state index in [1.807, 2.05) is 0 Å². The standard InChI is InChI=1S/C9H8F3NO/c1-14-8-3-2-7(6-13-8)4-5-9(10,11)12/h2-6H,1H3/b5-4+. The fourth-order valence-corrected chi connectivity index (χ4v) is 0.802. The number of aromatic nitrogens is 1. The van der Waals surface area contributed by atoms with E-state index < -0.39 is 6.18 Å². The summed E-state index contributed by atoms with van der Waals surface area (Å²) in [5, 5.41) is 0. The number of alkyl halides is 3. The maximum absolute atomic E-state index is 11.8. The predicted octanol–water partition coefficient (Wildman–Crippen LogP) is 2.67. The van der Waals surface area contributed by atoms with Crippen LogP contribution < -0.4 is 4.74 Å². The minimum atomic E-state index is -4.29. The fourth-order valence-electron chi connectivity index (χ4n) is 0.802. The van der Waals surface area contributed by atoms with Crippen LogP contribution in [0.1, 0.15) is 5.56 Å². The van der Waals surface area contributed by atoms with Crippen LogP contribution in [0.15, 0.2) is 24.4 Å². The summed E-state index contributed by atoms with van der Waals surface area (Å²) < 4.78 is 40.0. The van der Waals surface area contributed by atoms with E-state index in [4.69, 9.17) is 4.74 Å². The first-order valence-electron chi connectivity index (χ1n) is 3.77. The average Bonchev–Trinajstić information content (AvgIpc) is 2.14. The number of rotatable bonds is 2. The Hall–Kier alpha value is -1.52. The Labute approximate surface area is 79.0 Å². The second-order valence-corrected chi connectivity index (χ2v) is 2.51. The fraction of sp³-hybridized carbons (Fsp3) is 0.222. The molecule has 1 aromatic rings. The van der Waals surface area contributed by atoms with Crippen molar-refractivity contribution < 1.29 is 17.9 Å². The van der Waals surface area contributed by atoms with Crippen molar-refractivity contribution in [2.75, 3.05) is 7.11 Å². The Balaban J connectivity index is 2.74. The Morgan fingerprint density at radius 1 is 1.36 bits per heavy atom. The normalized spacial score (nSPS) is 12.0. The van der Waals surface area contributed by atoms with E-state index >= 15 is 0 Å². The number of hydrogen-bond donors (Lipinski definition) is 0. The zero-order valence-electron chi connectivity index (χ0n) is 7.38. The molecular weight excluding hydrogens is 195 g/mol.